The summed E-state index contributed by atoms with van der Waals surface area (Å²) in [5.74, 6) is -0.896. The summed E-state index contributed by atoms with van der Waals surface area (Å²) in [6, 6.07) is 3.43. The summed E-state index contributed by atoms with van der Waals surface area (Å²) in [7, 11) is 1.79. The Hall–Kier alpha value is -4.81. The summed E-state index contributed by atoms with van der Waals surface area (Å²) in [6.45, 7) is 8.91. The van der Waals surface area contributed by atoms with E-state index in [0.717, 1.165) is 29.2 Å². The molecule has 5 heterocycles. The first kappa shape index (κ1) is 23.9. The highest BCUT2D eigenvalue weighted by molar-refractivity contribution is 6.11. The highest BCUT2D eigenvalue weighted by atomic mass is 16.2. The van der Waals surface area contributed by atoms with Crippen molar-refractivity contribution in [1.29, 1.82) is 0 Å². The van der Waals surface area contributed by atoms with Crippen molar-refractivity contribution in [1.82, 2.24) is 43.9 Å². The van der Waals surface area contributed by atoms with Gasteiger partial charge < -0.3 is 10.6 Å². The van der Waals surface area contributed by atoms with Crippen LogP contribution in [-0.4, -0.2) is 55.8 Å². The van der Waals surface area contributed by atoms with Crippen LogP contribution in [0.5, 0.6) is 0 Å². The lowest BCUT2D eigenvalue weighted by atomic mass is 10.2. The van der Waals surface area contributed by atoms with Gasteiger partial charge in [0.15, 0.2) is 11.3 Å². The molecule has 0 aromatic carbocycles. The zero-order valence-corrected chi connectivity index (χ0v) is 21.2. The van der Waals surface area contributed by atoms with Gasteiger partial charge in [-0.2, -0.15) is 20.4 Å². The van der Waals surface area contributed by atoms with Crippen molar-refractivity contribution in [3.8, 4) is 11.3 Å². The lowest BCUT2D eigenvalue weighted by Gasteiger charge is -2.09. The number of nitrogens with one attached hydrogen (secondary N) is 2. The third kappa shape index (κ3) is 4.13. The van der Waals surface area contributed by atoms with Crippen molar-refractivity contribution in [3.05, 3.63) is 59.7 Å². The molecule has 0 atom stereocenters. The Labute approximate surface area is 212 Å². The van der Waals surface area contributed by atoms with Crippen LogP contribution >= 0.6 is 0 Å². The van der Waals surface area contributed by atoms with Crippen LogP contribution in [0.3, 0.4) is 0 Å². The average molecular weight is 502 g/mol. The quantitative estimate of drug-likeness (QED) is 0.349. The number of nitrogens with zero attached hydrogens (tertiary/aromatic N) is 9. The van der Waals surface area contributed by atoms with E-state index in [1.54, 1.807) is 40.9 Å². The average Bonchev–Trinajstić information content (AvgIpc) is 3.66. The molecular formula is C24H27N11O2. The van der Waals surface area contributed by atoms with Crippen molar-refractivity contribution < 1.29 is 9.59 Å². The Morgan fingerprint density at radius 1 is 0.892 bits per heavy atom. The van der Waals surface area contributed by atoms with Gasteiger partial charge in [-0.1, -0.05) is 0 Å². The van der Waals surface area contributed by atoms with Gasteiger partial charge in [-0.15, -0.1) is 0 Å². The Morgan fingerprint density at radius 2 is 1.59 bits per heavy atom. The molecule has 0 saturated carbocycles. The molecule has 0 radical (unpaired) electrons. The molecule has 0 spiro atoms. The minimum absolute atomic E-state index is 0.152. The first-order valence-corrected chi connectivity index (χ1v) is 11.9. The lowest BCUT2D eigenvalue weighted by molar-refractivity contribution is 0.101. The van der Waals surface area contributed by atoms with Gasteiger partial charge in [-0.3, -0.25) is 23.6 Å². The van der Waals surface area contributed by atoms with Crippen LogP contribution in [0, 0.1) is 13.8 Å². The molecule has 13 heteroatoms. The molecule has 13 nitrogen and oxygen atoms in total. The number of amides is 2. The molecular weight excluding hydrogens is 474 g/mol. The maximum absolute atomic E-state index is 13.2. The van der Waals surface area contributed by atoms with E-state index in [2.05, 4.69) is 36.0 Å². The smallest absolute Gasteiger partial charge is 0.276 e. The number of hydrogen-bond acceptors (Lipinski definition) is 7. The molecule has 5 aromatic rings. The maximum Gasteiger partial charge on any atom is 0.276 e. The van der Waals surface area contributed by atoms with E-state index >= 15 is 0 Å². The van der Waals surface area contributed by atoms with Crippen molar-refractivity contribution >= 4 is 28.8 Å². The van der Waals surface area contributed by atoms with Gasteiger partial charge in [0.25, 0.3) is 11.8 Å². The Morgan fingerprint density at radius 3 is 2.27 bits per heavy atom. The number of rotatable bonds is 7. The molecule has 0 saturated heterocycles. The Kier molecular flexibility index (Phi) is 6.03. The monoisotopic (exact) mass is 501 g/mol. The van der Waals surface area contributed by atoms with Gasteiger partial charge in [-0.05, 0) is 33.8 Å². The molecule has 0 unspecified atom stereocenters. The first-order valence-electron chi connectivity index (χ1n) is 11.9. The van der Waals surface area contributed by atoms with E-state index in [4.69, 9.17) is 0 Å². The molecule has 0 aliphatic rings. The van der Waals surface area contributed by atoms with Gasteiger partial charge in [-0.25, -0.2) is 9.50 Å². The van der Waals surface area contributed by atoms with Crippen LogP contribution in [-0.2, 0) is 20.1 Å². The van der Waals surface area contributed by atoms with Crippen molar-refractivity contribution in [2.24, 2.45) is 7.05 Å². The molecule has 0 aliphatic heterocycles. The fourth-order valence-electron chi connectivity index (χ4n) is 4.17. The molecule has 2 N–H and O–H groups in total. The summed E-state index contributed by atoms with van der Waals surface area (Å²) in [4.78, 5) is 30.7. The van der Waals surface area contributed by atoms with Crippen LogP contribution in [0.15, 0.2) is 36.9 Å². The number of fused-ring (bicyclic) bond motifs is 1. The second-order valence-electron chi connectivity index (χ2n) is 8.49. The summed E-state index contributed by atoms with van der Waals surface area (Å²) >= 11 is 0. The summed E-state index contributed by atoms with van der Waals surface area (Å²) in [5.41, 5.74) is 5.21. The topological polar surface area (TPSA) is 142 Å². The van der Waals surface area contributed by atoms with E-state index in [1.165, 1.54) is 10.9 Å². The van der Waals surface area contributed by atoms with Gasteiger partial charge in [0.1, 0.15) is 5.69 Å². The number of aromatic nitrogens is 9. The summed E-state index contributed by atoms with van der Waals surface area (Å²) in [5, 5.41) is 23.0. The SMILES string of the molecule is CCn1ncc(-c2ccnc3cc(C(=O)Nc4cnn(CC)c4C(=O)Nc4cnn(C)c4C)nn23)c1C. The maximum atomic E-state index is 13.2. The van der Waals surface area contributed by atoms with Crippen LogP contribution in [0.2, 0.25) is 0 Å². The second kappa shape index (κ2) is 9.33. The number of carbonyl (C=O) groups excluding carboxylic acids is 2. The van der Waals surface area contributed by atoms with Crippen molar-refractivity contribution in [3.63, 3.8) is 0 Å². The fraction of sp³-hybridized carbons (Fsp3) is 0.292. The van der Waals surface area contributed by atoms with Crippen molar-refractivity contribution in [2.75, 3.05) is 10.6 Å². The Bertz CT molecular complexity index is 1640. The summed E-state index contributed by atoms with van der Waals surface area (Å²) < 4.78 is 6.70. The largest absolute Gasteiger partial charge is 0.318 e. The number of hydrogen-bond donors (Lipinski definition) is 2. The van der Waals surface area contributed by atoms with E-state index < -0.39 is 11.8 Å². The van der Waals surface area contributed by atoms with E-state index in [9.17, 15) is 9.59 Å². The molecule has 0 aliphatic carbocycles. The molecule has 5 rings (SSSR count). The molecule has 2 amide bonds. The lowest BCUT2D eigenvalue weighted by Crippen LogP contribution is -2.21. The molecule has 0 fully saturated rings. The fourth-order valence-corrected chi connectivity index (χ4v) is 4.17. The van der Waals surface area contributed by atoms with Gasteiger partial charge in [0, 0.05) is 43.7 Å². The molecule has 5 aromatic heterocycles. The van der Waals surface area contributed by atoms with E-state index in [1.807, 2.05) is 38.4 Å². The van der Waals surface area contributed by atoms with Crippen molar-refractivity contribution in [2.45, 2.75) is 40.8 Å². The first-order chi connectivity index (χ1) is 17.8. The molecule has 0 bridgehead atoms. The zero-order chi connectivity index (χ0) is 26.3. The third-order valence-corrected chi connectivity index (χ3v) is 6.35. The second-order valence-corrected chi connectivity index (χ2v) is 8.49. The van der Waals surface area contributed by atoms with Crippen LogP contribution in [0.4, 0.5) is 11.4 Å². The minimum atomic E-state index is -0.486. The zero-order valence-electron chi connectivity index (χ0n) is 21.2. The van der Waals surface area contributed by atoms with Gasteiger partial charge >= 0.3 is 0 Å². The number of anilines is 2. The highest BCUT2D eigenvalue weighted by Gasteiger charge is 2.23. The summed E-state index contributed by atoms with van der Waals surface area (Å²) in [6.07, 6.45) is 6.48. The predicted octanol–water partition coefficient (Wildman–Crippen LogP) is 2.68. The van der Waals surface area contributed by atoms with E-state index in [-0.39, 0.29) is 17.1 Å². The highest BCUT2D eigenvalue weighted by Crippen LogP contribution is 2.24. The normalized spacial score (nSPS) is 11.3. The minimum Gasteiger partial charge on any atom is -0.318 e. The molecule has 190 valence electrons. The number of aryl methyl sites for hydroxylation is 3. The van der Waals surface area contributed by atoms with Gasteiger partial charge in [0.05, 0.1) is 41.4 Å². The van der Waals surface area contributed by atoms with Gasteiger partial charge in [0.2, 0.25) is 0 Å². The van der Waals surface area contributed by atoms with E-state index in [0.29, 0.717) is 17.9 Å². The standard InChI is InChI=1S/C24H27N11O2/c1-6-33-14(3)16(11-27-33)20-8-9-25-21-10-17(31-35(20)21)23(36)30-19-13-28-34(7-2)22(19)24(37)29-18-12-26-32(5)15(18)4/h8-13H,6-7H2,1-5H3,(H,29,37)(H,30,36). The van der Waals surface area contributed by atoms with Crippen LogP contribution < -0.4 is 10.6 Å². The van der Waals surface area contributed by atoms with Crippen LogP contribution in [0.25, 0.3) is 16.9 Å². The predicted molar refractivity (Wildman–Crippen MR) is 136 cm³/mol. The Balaban J connectivity index is 1.45. The third-order valence-electron chi connectivity index (χ3n) is 6.35. The number of carbonyl (C=O) groups is 2. The molecule has 37 heavy (non-hydrogen) atoms. The van der Waals surface area contributed by atoms with Crippen LogP contribution in [0.1, 0.15) is 46.2 Å².